The van der Waals surface area contributed by atoms with Crippen LogP contribution >= 0.6 is 0 Å². The average Bonchev–Trinajstić information content (AvgIpc) is 4.01. The summed E-state index contributed by atoms with van der Waals surface area (Å²) in [7, 11) is 0. The molecule has 2 heteroatoms. The summed E-state index contributed by atoms with van der Waals surface area (Å²) < 4.78 is 13.7. The van der Waals surface area contributed by atoms with E-state index in [2.05, 4.69) is 243 Å². The third-order valence-corrected chi connectivity index (χ3v) is 15.6. The lowest BCUT2D eigenvalue weighted by Gasteiger charge is -2.18. The predicted molar refractivity (Wildman–Crippen MR) is 305 cm³/mol. The molecule has 0 fully saturated rings. The van der Waals surface area contributed by atoms with Gasteiger partial charge in [-0.3, -0.25) is 0 Å². The van der Waals surface area contributed by atoms with Crippen molar-refractivity contribution >= 4 is 119 Å². The molecular formula is C70H40O2. The van der Waals surface area contributed by atoms with Crippen LogP contribution in [0.1, 0.15) is 0 Å². The Bertz CT molecular complexity index is 4560. The van der Waals surface area contributed by atoms with Crippen molar-refractivity contribution in [2.45, 2.75) is 0 Å². The summed E-state index contributed by atoms with van der Waals surface area (Å²) in [4.78, 5) is 0. The molecule has 2 aromatic heterocycles. The van der Waals surface area contributed by atoms with Gasteiger partial charge in [-0.15, -0.1) is 0 Å². The van der Waals surface area contributed by atoms with Crippen molar-refractivity contribution in [2.24, 2.45) is 0 Å². The van der Waals surface area contributed by atoms with Crippen molar-refractivity contribution in [3.63, 3.8) is 0 Å². The third kappa shape index (κ3) is 5.66. The van der Waals surface area contributed by atoms with E-state index in [-0.39, 0.29) is 0 Å². The summed E-state index contributed by atoms with van der Waals surface area (Å²) in [5.41, 5.74) is 13.1. The zero-order chi connectivity index (χ0) is 47.0. The summed E-state index contributed by atoms with van der Waals surface area (Å²) in [5.74, 6) is 0. The van der Waals surface area contributed by atoms with Crippen LogP contribution in [0.2, 0.25) is 0 Å². The number of furan rings is 2. The van der Waals surface area contributed by atoms with Gasteiger partial charge in [0, 0.05) is 21.5 Å². The Morgan fingerprint density at radius 1 is 0.181 bits per heavy atom. The third-order valence-electron chi connectivity index (χ3n) is 15.6. The van der Waals surface area contributed by atoms with Crippen LogP contribution in [0.3, 0.4) is 0 Å². The Morgan fingerprint density at radius 2 is 0.458 bits per heavy atom. The molecule has 0 saturated carbocycles. The molecule has 14 aromatic carbocycles. The van der Waals surface area contributed by atoms with Crippen molar-refractivity contribution in [2.75, 3.05) is 0 Å². The van der Waals surface area contributed by atoms with E-state index >= 15 is 0 Å². The first-order valence-corrected chi connectivity index (χ1v) is 24.8. The molecule has 0 amide bonds. The van der Waals surface area contributed by atoms with Crippen molar-refractivity contribution in [3.8, 4) is 44.5 Å². The monoisotopic (exact) mass is 912 g/mol. The van der Waals surface area contributed by atoms with Gasteiger partial charge in [-0.05, 0) is 181 Å². The van der Waals surface area contributed by atoms with E-state index in [0.717, 1.165) is 65.8 Å². The van der Waals surface area contributed by atoms with Crippen LogP contribution in [0, 0.1) is 0 Å². The second-order valence-electron chi connectivity index (χ2n) is 19.4. The molecule has 0 aliphatic heterocycles. The van der Waals surface area contributed by atoms with E-state index in [9.17, 15) is 0 Å². The van der Waals surface area contributed by atoms with Gasteiger partial charge in [0.15, 0.2) is 0 Å². The van der Waals surface area contributed by atoms with Crippen molar-refractivity contribution in [3.05, 3.63) is 243 Å². The Labute approximate surface area is 413 Å². The van der Waals surface area contributed by atoms with E-state index in [0.29, 0.717) is 0 Å². The second-order valence-corrected chi connectivity index (χ2v) is 19.4. The molecule has 0 bridgehead atoms. The molecule has 0 N–H and O–H groups in total. The highest BCUT2D eigenvalue weighted by molar-refractivity contribution is 6.29. The summed E-state index contributed by atoms with van der Waals surface area (Å²) >= 11 is 0. The molecule has 332 valence electrons. The maximum Gasteiger partial charge on any atom is 0.136 e. The van der Waals surface area contributed by atoms with E-state index < -0.39 is 0 Å². The highest BCUT2D eigenvalue weighted by atomic mass is 16.3. The minimum absolute atomic E-state index is 0.870. The largest absolute Gasteiger partial charge is 0.456 e. The van der Waals surface area contributed by atoms with Crippen LogP contribution in [0.5, 0.6) is 0 Å². The molecule has 0 aliphatic carbocycles. The highest BCUT2D eigenvalue weighted by Crippen LogP contribution is 2.49. The second kappa shape index (κ2) is 15.0. The summed E-state index contributed by atoms with van der Waals surface area (Å²) in [6.07, 6.45) is 0. The number of benzene rings is 14. The molecule has 16 rings (SSSR count). The summed E-state index contributed by atoms with van der Waals surface area (Å²) in [6.45, 7) is 0. The maximum atomic E-state index is 6.83. The standard InChI is InChI=1S/C70H40O2/c1-3-15-43-37-45(27-25-41(43)13-1)65-49-17-5-9-21-53(49)67(54-22-10-6-18-50(54)65)47-29-31-59-63(39-47)71-61-35-33-58-57(69(59)61)34-36-62-70(58)60-32-30-48(40-64(60)72-62)68-55-23-11-7-19-51(55)66(52-20-8-12-24-56(52)68)46-28-26-42-14-2-4-16-44(42)38-46/h1-40H. The number of fused-ring (bicyclic) bond motifs is 15. The average molecular weight is 913 g/mol. The lowest BCUT2D eigenvalue weighted by Crippen LogP contribution is -1.91. The Morgan fingerprint density at radius 3 is 0.806 bits per heavy atom. The lowest BCUT2D eigenvalue weighted by atomic mass is 9.85. The molecule has 16 aromatic rings. The van der Waals surface area contributed by atoms with E-state index in [4.69, 9.17) is 8.83 Å². The van der Waals surface area contributed by atoms with Crippen molar-refractivity contribution in [1.29, 1.82) is 0 Å². The zero-order valence-electron chi connectivity index (χ0n) is 38.9. The van der Waals surface area contributed by atoms with Crippen LogP contribution in [0.25, 0.3) is 164 Å². The van der Waals surface area contributed by atoms with Crippen LogP contribution < -0.4 is 0 Å². The molecule has 2 nitrogen and oxygen atoms in total. The molecule has 2 heterocycles. The van der Waals surface area contributed by atoms with Gasteiger partial charge >= 0.3 is 0 Å². The topological polar surface area (TPSA) is 26.3 Å². The van der Waals surface area contributed by atoms with E-state index in [1.807, 2.05) is 0 Å². The van der Waals surface area contributed by atoms with Gasteiger partial charge < -0.3 is 8.83 Å². The zero-order valence-corrected chi connectivity index (χ0v) is 38.9. The Hall–Kier alpha value is -9.50. The van der Waals surface area contributed by atoms with Crippen LogP contribution in [0.4, 0.5) is 0 Å². The molecule has 0 spiro atoms. The van der Waals surface area contributed by atoms with Crippen LogP contribution in [-0.2, 0) is 0 Å². The minimum Gasteiger partial charge on any atom is -0.456 e. The fourth-order valence-corrected chi connectivity index (χ4v) is 12.5. The van der Waals surface area contributed by atoms with E-state index in [1.54, 1.807) is 0 Å². The highest BCUT2D eigenvalue weighted by Gasteiger charge is 2.22. The summed E-state index contributed by atoms with van der Waals surface area (Å²) in [6, 6.07) is 88.7. The molecule has 72 heavy (non-hydrogen) atoms. The lowest BCUT2D eigenvalue weighted by molar-refractivity contribution is 0.668. The van der Waals surface area contributed by atoms with E-state index in [1.165, 1.54) is 98.0 Å². The normalized spacial score (nSPS) is 12.2. The SMILES string of the molecule is c1ccc2cc(-c3c4ccccc4c(-c4ccc5c(c4)oc4ccc6c(ccc7oc8cc(-c9c%10ccccc%10c(-c%10ccc%11ccccc%11c%10)c%10ccccc9%10)ccc8c76)c45)c4ccccc34)ccc2c1. The molecular weight excluding hydrogens is 873 g/mol. The van der Waals surface area contributed by atoms with Gasteiger partial charge in [0.1, 0.15) is 22.3 Å². The van der Waals surface area contributed by atoms with Gasteiger partial charge in [-0.1, -0.05) is 182 Å². The Kier molecular flexibility index (Phi) is 8.20. The fraction of sp³-hybridized carbons (Fsp3) is 0. The molecule has 0 saturated heterocycles. The fourth-order valence-electron chi connectivity index (χ4n) is 12.5. The first kappa shape index (κ1) is 39.4. The first-order valence-electron chi connectivity index (χ1n) is 24.8. The van der Waals surface area contributed by atoms with Gasteiger partial charge in [0.2, 0.25) is 0 Å². The quantitative estimate of drug-likeness (QED) is 0.164. The minimum atomic E-state index is 0.870. The first-order chi connectivity index (χ1) is 35.7. The smallest absolute Gasteiger partial charge is 0.136 e. The van der Waals surface area contributed by atoms with Crippen LogP contribution in [-0.4, -0.2) is 0 Å². The van der Waals surface area contributed by atoms with Gasteiger partial charge in [0.05, 0.1) is 0 Å². The van der Waals surface area contributed by atoms with Crippen LogP contribution in [0.15, 0.2) is 251 Å². The molecule has 0 unspecified atom stereocenters. The van der Waals surface area contributed by atoms with Gasteiger partial charge in [0.25, 0.3) is 0 Å². The van der Waals surface area contributed by atoms with Gasteiger partial charge in [-0.2, -0.15) is 0 Å². The van der Waals surface area contributed by atoms with Crippen molar-refractivity contribution < 1.29 is 8.83 Å². The molecule has 0 radical (unpaired) electrons. The molecule has 0 atom stereocenters. The predicted octanol–water partition coefficient (Wildman–Crippen LogP) is 20.2. The van der Waals surface area contributed by atoms with Crippen molar-refractivity contribution in [1.82, 2.24) is 0 Å². The molecule has 0 aliphatic rings. The Balaban J connectivity index is 0.847. The maximum absolute atomic E-state index is 6.83. The number of rotatable bonds is 4. The van der Waals surface area contributed by atoms with Gasteiger partial charge in [-0.25, -0.2) is 0 Å². The number of hydrogen-bond acceptors (Lipinski definition) is 2. The summed E-state index contributed by atoms with van der Waals surface area (Å²) in [5, 5.41) is 21.5. The number of hydrogen-bond donors (Lipinski definition) is 0.